The quantitative estimate of drug-likeness (QED) is 0.803. The van der Waals surface area contributed by atoms with E-state index in [1.54, 1.807) is 14.2 Å². The lowest BCUT2D eigenvalue weighted by atomic mass is 9.71. The molecule has 0 spiro atoms. The third-order valence-electron chi connectivity index (χ3n) is 5.17. The summed E-state index contributed by atoms with van der Waals surface area (Å²) in [5, 5.41) is 3.10. The molecule has 1 aliphatic rings. The Bertz CT molecular complexity index is 554. The van der Waals surface area contributed by atoms with Crippen molar-refractivity contribution in [1.82, 2.24) is 5.32 Å². The minimum absolute atomic E-state index is 0.0142. The van der Waals surface area contributed by atoms with E-state index in [4.69, 9.17) is 15.2 Å². The third-order valence-corrected chi connectivity index (χ3v) is 5.17. The van der Waals surface area contributed by atoms with E-state index >= 15 is 0 Å². The maximum absolute atomic E-state index is 12.5. The second-order valence-corrected chi connectivity index (χ2v) is 6.85. The van der Waals surface area contributed by atoms with E-state index in [2.05, 4.69) is 5.32 Å². The number of ether oxygens (including phenoxy) is 2. The van der Waals surface area contributed by atoms with Crippen LogP contribution in [0.25, 0.3) is 0 Å². The summed E-state index contributed by atoms with van der Waals surface area (Å²) in [7, 11) is 3.22. The lowest BCUT2D eigenvalue weighted by molar-refractivity contribution is -0.124. The largest absolute Gasteiger partial charge is 0.493 e. The lowest BCUT2D eigenvalue weighted by Crippen LogP contribution is -2.39. The molecule has 1 unspecified atom stereocenters. The molecule has 0 bridgehead atoms. The first-order valence-electron chi connectivity index (χ1n) is 8.75. The number of rotatable bonds is 7. The van der Waals surface area contributed by atoms with Gasteiger partial charge in [-0.05, 0) is 49.4 Å². The van der Waals surface area contributed by atoms with Gasteiger partial charge in [0, 0.05) is 6.42 Å². The molecule has 1 atom stereocenters. The second kappa shape index (κ2) is 8.38. The smallest absolute Gasteiger partial charge is 0.221 e. The number of hydrogen-bond donors (Lipinski definition) is 2. The first kappa shape index (κ1) is 18.6. The molecular formula is C19H30N2O3. The zero-order chi connectivity index (χ0) is 17.6. The lowest BCUT2D eigenvalue weighted by Gasteiger charge is -2.36. The van der Waals surface area contributed by atoms with Crippen LogP contribution in [0, 0.1) is 5.41 Å². The average molecular weight is 334 g/mol. The molecule has 1 amide bonds. The molecule has 1 saturated carbocycles. The molecule has 1 fully saturated rings. The van der Waals surface area contributed by atoms with E-state index in [0.717, 1.165) is 18.4 Å². The highest BCUT2D eigenvalue weighted by molar-refractivity contribution is 5.77. The van der Waals surface area contributed by atoms with Crippen LogP contribution < -0.4 is 20.5 Å². The molecule has 0 aromatic heterocycles. The molecule has 134 valence electrons. The Labute approximate surface area is 144 Å². The summed E-state index contributed by atoms with van der Waals surface area (Å²) >= 11 is 0. The van der Waals surface area contributed by atoms with Crippen molar-refractivity contribution in [2.75, 3.05) is 20.8 Å². The monoisotopic (exact) mass is 334 g/mol. The predicted octanol–water partition coefficient (Wildman–Crippen LogP) is 3.18. The molecule has 0 saturated heterocycles. The summed E-state index contributed by atoms with van der Waals surface area (Å²) in [4.78, 5) is 12.5. The summed E-state index contributed by atoms with van der Waals surface area (Å²) in [6.07, 6.45) is 6.24. The molecule has 1 aliphatic carbocycles. The zero-order valence-electron chi connectivity index (χ0n) is 15.1. The van der Waals surface area contributed by atoms with Crippen LogP contribution in [0.15, 0.2) is 18.2 Å². The molecule has 5 nitrogen and oxygen atoms in total. The molecule has 5 heteroatoms. The van der Waals surface area contributed by atoms with Gasteiger partial charge in [-0.3, -0.25) is 4.79 Å². The fourth-order valence-corrected chi connectivity index (χ4v) is 3.59. The summed E-state index contributed by atoms with van der Waals surface area (Å²) < 4.78 is 10.6. The van der Waals surface area contributed by atoms with E-state index in [-0.39, 0.29) is 17.4 Å². The van der Waals surface area contributed by atoms with Gasteiger partial charge in [0.05, 0.1) is 20.3 Å². The molecule has 24 heavy (non-hydrogen) atoms. The first-order valence-corrected chi connectivity index (χ1v) is 8.75. The Morgan fingerprint density at radius 3 is 2.46 bits per heavy atom. The number of hydrogen-bond acceptors (Lipinski definition) is 4. The normalized spacial score (nSPS) is 17.8. The molecular weight excluding hydrogens is 304 g/mol. The van der Waals surface area contributed by atoms with Gasteiger partial charge in [-0.1, -0.05) is 25.3 Å². The maximum atomic E-state index is 12.5. The standard InChI is InChI=1S/C19H30N2O3/c1-14(15-7-8-16(23-2)17(11-15)24-3)21-18(22)12-19(13-20)9-5-4-6-10-19/h7-8,11,14H,4-6,9-10,12-13,20H2,1-3H3,(H,21,22). The van der Waals surface area contributed by atoms with Crippen LogP contribution in [0.2, 0.25) is 0 Å². The summed E-state index contributed by atoms with van der Waals surface area (Å²) in [5.41, 5.74) is 6.97. The van der Waals surface area contributed by atoms with Gasteiger partial charge in [-0.25, -0.2) is 0 Å². The van der Waals surface area contributed by atoms with E-state index in [1.165, 1.54) is 19.3 Å². The Kier molecular flexibility index (Phi) is 6.49. The molecule has 0 radical (unpaired) electrons. The van der Waals surface area contributed by atoms with Crippen LogP contribution in [-0.2, 0) is 4.79 Å². The Hall–Kier alpha value is -1.75. The van der Waals surface area contributed by atoms with Crippen molar-refractivity contribution < 1.29 is 14.3 Å². The van der Waals surface area contributed by atoms with Crippen molar-refractivity contribution in [2.24, 2.45) is 11.1 Å². The number of carbonyl (C=O) groups is 1. The number of nitrogens with one attached hydrogen (secondary N) is 1. The Morgan fingerprint density at radius 2 is 1.88 bits per heavy atom. The van der Waals surface area contributed by atoms with Crippen LogP contribution in [0.3, 0.4) is 0 Å². The van der Waals surface area contributed by atoms with Gasteiger partial charge in [-0.15, -0.1) is 0 Å². The van der Waals surface area contributed by atoms with E-state index in [1.807, 2.05) is 25.1 Å². The van der Waals surface area contributed by atoms with Gasteiger partial charge >= 0.3 is 0 Å². The number of benzene rings is 1. The van der Waals surface area contributed by atoms with Crippen LogP contribution >= 0.6 is 0 Å². The molecule has 0 heterocycles. The SMILES string of the molecule is COc1ccc(C(C)NC(=O)CC2(CN)CCCCC2)cc1OC. The highest BCUT2D eigenvalue weighted by Crippen LogP contribution is 2.38. The highest BCUT2D eigenvalue weighted by Gasteiger charge is 2.33. The van der Waals surface area contributed by atoms with Gasteiger partial charge in [0.25, 0.3) is 0 Å². The highest BCUT2D eigenvalue weighted by atomic mass is 16.5. The second-order valence-electron chi connectivity index (χ2n) is 6.85. The number of amides is 1. The van der Waals surface area contributed by atoms with Crippen molar-refractivity contribution in [2.45, 2.75) is 51.5 Å². The molecule has 1 aromatic carbocycles. The number of carbonyl (C=O) groups excluding carboxylic acids is 1. The van der Waals surface area contributed by atoms with E-state index < -0.39 is 0 Å². The zero-order valence-corrected chi connectivity index (χ0v) is 15.1. The minimum Gasteiger partial charge on any atom is -0.493 e. The average Bonchev–Trinajstić information content (AvgIpc) is 2.61. The summed E-state index contributed by atoms with van der Waals surface area (Å²) in [5.74, 6) is 1.43. The first-order chi connectivity index (χ1) is 11.5. The van der Waals surface area contributed by atoms with Gasteiger partial charge in [0.15, 0.2) is 11.5 Å². The Morgan fingerprint density at radius 1 is 1.21 bits per heavy atom. The van der Waals surface area contributed by atoms with Crippen molar-refractivity contribution in [3.05, 3.63) is 23.8 Å². The van der Waals surface area contributed by atoms with Crippen LogP contribution in [-0.4, -0.2) is 26.7 Å². The molecule has 1 aromatic rings. The minimum atomic E-state index is -0.0873. The van der Waals surface area contributed by atoms with Crippen molar-refractivity contribution in [3.8, 4) is 11.5 Å². The van der Waals surface area contributed by atoms with Gasteiger partial charge in [-0.2, -0.15) is 0 Å². The van der Waals surface area contributed by atoms with Crippen molar-refractivity contribution in [1.29, 1.82) is 0 Å². The topological polar surface area (TPSA) is 73.6 Å². The van der Waals surface area contributed by atoms with Crippen LogP contribution in [0.4, 0.5) is 0 Å². The van der Waals surface area contributed by atoms with Crippen molar-refractivity contribution >= 4 is 5.91 Å². The molecule has 2 rings (SSSR count). The fourth-order valence-electron chi connectivity index (χ4n) is 3.59. The predicted molar refractivity (Wildman–Crippen MR) is 95.3 cm³/mol. The number of nitrogens with two attached hydrogens (primary N) is 1. The molecule has 0 aliphatic heterocycles. The van der Waals surface area contributed by atoms with Gasteiger partial charge < -0.3 is 20.5 Å². The van der Waals surface area contributed by atoms with Gasteiger partial charge in [0.1, 0.15) is 0 Å². The van der Waals surface area contributed by atoms with Crippen molar-refractivity contribution in [3.63, 3.8) is 0 Å². The van der Waals surface area contributed by atoms with E-state index in [9.17, 15) is 4.79 Å². The van der Waals surface area contributed by atoms with Crippen LogP contribution in [0.5, 0.6) is 11.5 Å². The van der Waals surface area contributed by atoms with Gasteiger partial charge in [0.2, 0.25) is 5.91 Å². The summed E-state index contributed by atoms with van der Waals surface area (Å²) in [6, 6.07) is 5.63. The van der Waals surface area contributed by atoms with E-state index in [0.29, 0.717) is 24.5 Å². The van der Waals surface area contributed by atoms with Crippen LogP contribution in [0.1, 0.15) is 57.1 Å². The third kappa shape index (κ3) is 4.41. The maximum Gasteiger partial charge on any atom is 0.221 e. The Balaban J connectivity index is 2.00. The summed E-state index contributed by atoms with van der Waals surface area (Å²) in [6.45, 7) is 2.57. The fraction of sp³-hybridized carbons (Fsp3) is 0.632. The number of methoxy groups -OCH3 is 2. The molecule has 3 N–H and O–H groups in total.